The van der Waals surface area contributed by atoms with E-state index in [-0.39, 0.29) is 11.8 Å². The molecule has 1 aliphatic carbocycles. The van der Waals surface area contributed by atoms with Crippen LogP contribution in [0.1, 0.15) is 79.8 Å². The molecule has 2 fully saturated rings. The number of rotatable bonds is 10. The van der Waals surface area contributed by atoms with E-state index in [2.05, 4.69) is 5.32 Å². The fourth-order valence-electron chi connectivity index (χ4n) is 5.43. The molecule has 2 N–H and O–H groups in total. The Balaban J connectivity index is 0.00000189. The van der Waals surface area contributed by atoms with Gasteiger partial charge in [-0.3, -0.25) is 13.9 Å². The van der Waals surface area contributed by atoms with Gasteiger partial charge in [0.25, 0.3) is 5.91 Å². The minimum Gasteiger partial charge on any atom is -0.481 e. The number of aryl methyl sites for hydroxylation is 1. The van der Waals surface area contributed by atoms with E-state index in [1.807, 2.05) is 51.1 Å². The van der Waals surface area contributed by atoms with Crippen molar-refractivity contribution in [1.29, 1.82) is 0 Å². The van der Waals surface area contributed by atoms with Gasteiger partial charge < -0.3 is 19.6 Å². The number of hydrogen-bond donors (Lipinski definition) is 2. The normalized spacial score (nSPS) is 16.9. The molecule has 222 valence electrons. The molecule has 1 saturated heterocycles. The first-order valence-electron chi connectivity index (χ1n) is 14.4. The largest absolute Gasteiger partial charge is 0.481 e. The Morgan fingerprint density at radius 3 is 2.39 bits per heavy atom. The summed E-state index contributed by atoms with van der Waals surface area (Å²) in [7, 11) is 0.194. The molecule has 41 heavy (non-hydrogen) atoms. The molecule has 0 spiro atoms. The van der Waals surface area contributed by atoms with Crippen LogP contribution in [0.4, 0.5) is 5.82 Å². The van der Waals surface area contributed by atoms with E-state index < -0.39 is 22.4 Å². The molecule has 2 aliphatic rings. The zero-order valence-electron chi connectivity index (χ0n) is 24.6. The van der Waals surface area contributed by atoms with Crippen LogP contribution in [-0.2, 0) is 20.5 Å². The molecule has 1 unspecified atom stereocenters. The van der Waals surface area contributed by atoms with Crippen LogP contribution in [0.2, 0.25) is 0 Å². The van der Waals surface area contributed by atoms with E-state index in [1.165, 1.54) is 0 Å². The first-order valence-corrected chi connectivity index (χ1v) is 15.9. The molecule has 1 amide bonds. The smallest absolute Gasteiger partial charge is 0.309 e. The predicted octanol–water partition coefficient (Wildman–Crippen LogP) is 5.83. The lowest BCUT2D eigenvalue weighted by Gasteiger charge is -2.33. The molecule has 0 radical (unpaired) electrons. The number of carboxylic acids is 1. The van der Waals surface area contributed by atoms with Gasteiger partial charge in [-0.2, -0.15) is 4.98 Å². The van der Waals surface area contributed by atoms with Crippen molar-refractivity contribution in [3.63, 3.8) is 0 Å². The van der Waals surface area contributed by atoms with Gasteiger partial charge in [-0.05, 0) is 63.0 Å². The van der Waals surface area contributed by atoms with Crippen LogP contribution < -0.4 is 9.62 Å². The Morgan fingerprint density at radius 1 is 1.17 bits per heavy atom. The highest BCUT2D eigenvalue weighted by Gasteiger charge is 2.40. The number of ether oxygens (including phenoxy) is 1. The SMILES string of the molecule is CC.CNC(=O)c1c(-c2ccc(C)cc2)oc2nc(N(CCCC3(C(=O)O)CCOCC3)S(C)=O)c(C3CC3)cc12. The first kappa shape index (κ1) is 30.7. The van der Waals surface area contributed by atoms with Crippen LogP contribution in [-0.4, -0.2) is 59.2 Å². The van der Waals surface area contributed by atoms with E-state index in [0.29, 0.717) is 73.7 Å². The summed E-state index contributed by atoms with van der Waals surface area (Å²) in [6.07, 6.45) is 5.57. The standard InChI is InChI=1S/C29H35N3O6S.C2H6/c1-18-5-7-20(8-6-18)24-23(26(33)30-2)22-17-21(19-9-10-19)25(31-27(22)38-24)32(39(3)36)14-4-11-29(28(34)35)12-15-37-16-13-29;1-2/h5-8,17,19H,4,9-16H2,1-3H3,(H,30,33)(H,34,35);1-2H3. The number of carbonyl (C=O) groups is 2. The summed E-state index contributed by atoms with van der Waals surface area (Å²) in [5.41, 5.74) is 2.74. The fraction of sp³-hybridized carbons (Fsp3) is 0.516. The number of nitrogens with zero attached hydrogens (tertiary/aromatic N) is 2. The topological polar surface area (TPSA) is 122 Å². The number of pyridine rings is 1. The third-order valence-electron chi connectivity index (χ3n) is 7.94. The van der Waals surface area contributed by atoms with Crippen molar-refractivity contribution in [3.05, 3.63) is 47.0 Å². The van der Waals surface area contributed by atoms with Crippen LogP contribution in [0.5, 0.6) is 0 Å². The first-order chi connectivity index (χ1) is 19.7. The Labute approximate surface area is 244 Å². The molecule has 1 aliphatic heterocycles. The third-order valence-corrected chi connectivity index (χ3v) is 8.92. The summed E-state index contributed by atoms with van der Waals surface area (Å²) in [5, 5.41) is 13.3. The summed E-state index contributed by atoms with van der Waals surface area (Å²) < 4.78 is 26.4. The van der Waals surface area contributed by atoms with Gasteiger partial charge in [0.1, 0.15) is 22.6 Å². The van der Waals surface area contributed by atoms with Gasteiger partial charge in [-0.1, -0.05) is 43.7 Å². The number of benzene rings is 1. The Bertz CT molecular complexity index is 1410. The molecule has 1 aromatic carbocycles. The molecule has 2 aromatic heterocycles. The van der Waals surface area contributed by atoms with Crippen molar-refractivity contribution in [3.8, 4) is 11.3 Å². The molecule has 0 bridgehead atoms. The molecular weight excluding hydrogens is 542 g/mol. The van der Waals surface area contributed by atoms with Crippen molar-refractivity contribution in [1.82, 2.24) is 10.3 Å². The molecule has 1 saturated carbocycles. The molecular formula is C31H41N3O6S. The van der Waals surface area contributed by atoms with E-state index in [1.54, 1.807) is 17.6 Å². The lowest BCUT2D eigenvalue weighted by Crippen LogP contribution is -2.38. The number of carboxylic acid groups (broad SMARTS) is 1. The number of aromatic nitrogens is 1. The lowest BCUT2D eigenvalue weighted by molar-refractivity contribution is -0.155. The maximum Gasteiger partial charge on any atom is 0.309 e. The quantitative estimate of drug-likeness (QED) is 0.308. The van der Waals surface area contributed by atoms with Gasteiger partial charge >= 0.3 is 5.97 Å². The van der Waals surface area contributed by atoms with Crippen LogP contribution in [0.25, 0.3) is 22.4 Å². The van der Waals surface area contributed by atoms with Gasteiger partial charge in [0.05, 0.1) is 16.4 Å². The Hall–Kier alpha value is -3.24. The van der Waals surface area contributed by atoms with Crippen molar-refractivity contribution < 1.29 is 28.1 Å². The minimum atomic E-state index is -1.40. The van der Waals surface area contributed by atoms with E-state index in [0.717, 1.165) is 29.5 Å². The maximum atomic E-state index is 13.0. The van der Waals surface area contributed by atoms with Crippen LogP contribution in [0.3, 0.4) is 0 Å². The average molecular weight is 584 g/mol. The molecule has 9 nitrogen and oxygen atoms in total. The average Bonchev–Trinajstić information content (AvgIpc) is 3.76. The third kappa shape index (κ3) is 6.48. The van der Waals surface area contributed by atoms with Crippen LogP contribution in [0.15, 0.2) is 34.7 Å². The van der Waals surface area contributed by atoms with E-state index >= 15 is 0 Å². The monoisotopic (exact) mass is 583 g/mol. The zero-order chi connectivity index (χ0) is 29.7. The summed E-state index contributed by atoms with van der Waals surface area (Å²) in [6.45, 7) is 7.27. The number of fused-ring (bicyclic) bond motifs is 1. The van der Waals surface area contributed by atoms with Crippen LogP contribution in [0, 0.1) is 12.3 Å². The van der Waals surface area contributed by atoms with E-state index in [9.17, 15) is 18.9 Å². The number of furan rings is 1. The van der Waals surface area contributed by atoms with Crippen molar-refractivity contribution in [2.24, 2.45) is 5.41 Å². The fourth-order valence-corrected chi connectivity index (χ4v) is 6.21. The Kier molecular flexibility index (Phi) is 9.86. The summed E-state index contributed by atoms with van der Waals surface area (Å²) in [5.74, 6) is 0.234. The summed E-state index contributed by atoms with van der Waals surface area (Å²) in [6, 6.07) is 9.75. The number of anilines is 1. The maximum absolute atomic E-state index is 13.0. The second-order valence-electron chi connectivity index (χ2n) is 10.6. The number of nitrogens with one attached hydrogen (secondary N) is 1. The molecule has 1 atom stereocenters. The second-order valence-corrected chi connectivity index (χ2v) is 11.9. The van der Waals surface area contributed by atoms with Crippen molar-refractivity contribution in [2.75, 3.05) is 37.4 Å². The highest BCUT2D eigenvalue weighted by Crippen LogP contribution is 2.47. The predicted molar refractivity (Wildman–Crippen MR) is 162 cm³/mol. The number of hydrogen-bond acceptors (Lipinski definition) is 6. The van der Waals surface area contributed by atoms with Gasteiger partial charge in [-0.25, -0.2) is 4.21 Å². The second kappa shape index (κ2) is 13.2. The minimum absolute atomic E-state index is 0.257. The number of amides is 1. The molecule has 3 heterocycles. The van der Waals surface area contributed by atoms with Gasteiger partial charge in [-0.15, -0.1) is 0 Å². The van der Waals surface area contributed by atoms with E-state index in [4.69, 9.17) is 14.1 Å². The Morgan fingerprint density at radius 2 is 1.83 bits per heavy atom. The van der Waals surface area contributed by atoms with Crippen LogP contribution >= 0.6 is 0 Å². The van der Waals surface area contributed by atoms with Gasteiger partial charge in [0.15, 0.2) is 0 Å². The lowest BCUT2D eigenvalue weighted by atomic mass is 9.76. The zero-order valence-corrected chi connectivity index (χ0v) is 25.4. The molecule has 10 heteroatoms. The number of aliphatic carboxylic acids is 1. The van der Waals surface area contributed by atoms with Gasteiger partial charge in [0.2, 0.25) is 5.71 Å². The number of carbonyl (C=O) groups excluding carboxylic acids is 1. The highest BCUT2D eigenvalue weighted by atomic mass is 32.2. The molecule has 5 rings (SSSR count). The van der Waals surface area contributed by atoms with Crippen molar-refractivity contribution in [2.45, 2.75) is 65.2 Å². The van der Waals surface area contributed by atoms with Gasteiger partial charge in [0, 0.05) is 38.6 Å². The highest BCUT2D eigenvalue weighted by molar-refractivity contribution is 7.85. The summed E-state index contributed by atoms with van der Waals surface area (Å²) >= 11 is 0. The van der Waals surface area contributed by atoms with Crippen molar-refractivity contribution >= 4 is 39.8 Å². The molecule has 3 aromatic rings. The summed E-state index contributed by atoms with van der Waals surface area (Å²) in [4.78, 5) is 30.0.